The van der Waals surface area contributed by atoms with Crippen LogP contribution in [0.3, 0.4) is 0 Å². The van der Waals surface area contributed by atoms with Gasteiger partial charge in [-0.05, 0) is 55.7 Å². The first-order chi connectivity index (χ1) is 9.92. The van der Waals surface area contributed by atoms with Gasteiger partial charge in [0.2, 0.25) is 0 Å². The fraction of sp³-hybridized carbons (Fsp3) is 0.333. The van der Waals surface area contributed by atoms with Gasteiger partial charge in [0.1, 0.15) is 0 Å². The molecule has 2 aromatic carbocycles. The Hall–Kier alpha value is -0.640. The molecule has 1 unspecified atom stereocenters. The molecule has 1 atom stereocenters. The van der Waals surface area contributed by atoms with Gasteiger partial charge in [0, 0.05) is 20.5 Å². The van der Waals surface area contributed by atoms with E-state index in [1.165, 1.54) is 11.1 Å². The molecule has 21 heavy (non-hydrogen) atoms. The van der Waals surface area contributed by atoms with Crippen LogP contribution in [0.25, 0.3) is 0 Å². The first-order valence-electron chi connectivity index (χ1n) is 7.21. The fourth-order valence-electron chi connectivity index (χ4n) is 2.53. The monoisotopic (exact) mass is 409 g/mol. The summed E-state index contributed by atoms with van der Waals surface area (Å²) < 4.78 is 2.24. The predicted octanol–water partition coefficient (Wildman–Crippen LogP) is 6.19. The first kappa shape index (κ1) is 16.7. The molecule has 0 aromatic heterocycles. The second-order valence-electron chi connectivity index (χ2n) is 5.79. The van der Waals surface area contributed by atoms with Crippen molar-refractivity contribution < 1.29 is 0 Å². The summed E-state index contributed by atoms with van der Waals surface area (Å²) in [5.41, 5.74) is 2.53. The van der Waals surface area contributed by atoms with Gasteiger partial charge in [0.15, 0.2) is 0 Å². The van der Waals surface area contributed by atoms with Crippen LogP contribution in [0.1, 0.15) is 44.4 Å². The lowest BCUT2D eigenvalue weighted by Gasteiger charge is -2.32. The number of rotatable bonds is 5. The van der Waals surface area contributed by atoms with Crippen molar-refractivity contribution in [1.29, 1.82) is 0 Å². The Balaban J connectivity index is 2.22. The summed E-state index contributed by atoms with van der Waals surface area (Å²) in [5, 5.41) is 3.79. The maximum Gasteiger partial charge on any atom is 0.0382 e. The van der Waals surface area contributed by atoms with Gasteiger partial charge in [-0.25, -0.2) is 0 Å². The molecular formula is C18H21Br2N. The van der Waals surface area contributed by atoms with E-state index in [-0.39, 0.29) is 5.54 Å². The molecule has 112 valence electrons. The third-order valence-electron chi connectivity index (χ3n) is 3.76. The first-order valence-corrected chi connectivity index (χ1v) is 8.80. The third kappa shape index (κ3) is 4.41. The van der Waals surface area contributed by atoms with E-state index in [9.17, 15) is 0 Å². The van der Waals surface area contributed by atoms with Crippen LogP contribution in [-0.4, -0.2) is 0 Å². The van der Waals surface area contributed by atoms with Gasteiger partial charge in [-0.3, -0.25) is 0 Å². The van der Waals surface area contributed by atoms with Crippen LogP contribution in [0.4, 0.5) is 0 Å². The minimum atomic E-state index is -0.0797. The van der Waals surface area contributed by atoms with Crippen molar-refractivity contribution in [1.82, 2.24) is 5.32 Å². The predicted molar refractivity (Wildman–Crippen MR) is 97.5 cm³/mol. The van der Waals surface area contributed by atoms with Crippen molar-refractivity contribution in [3.8, 4) is 0 Å². The lowest BCUT2D eigenvalue weighted by Crippen LogP contribution is -2.39. The lowest BCUT2D eigenvalue weighted by molar-refractivity contribution is 0.338. The van der Waals surface area contributed by atoms with Crippen LogP contribution in [0.5, 0.6) is 0 Å². The Morgan fingerprint density at radius 3 is 2.24 bits per heavy atom. The van der Waals surface area contributed by atoms with Crippen LogP contribution in [0.15, 0.2) is 57.5 Å². The molecule has 2 aromatic rings. The summed E-state index contributed by atoms with van der Waals surface area (Å²) in [4.78, 5) is 0. The molecule has 2 rings (SSSR count). The van der Waals surface area contributed by atoms with Gasteiger partial charge in [0.05, 0.1) is 0 Å². The van der Waals surface area contributed by atoms with Gasteiger partial charge >= 0.3 is 0 Å². The summed E-state index contributed by atoms with van der Waals surface area (Å²) in [5.74, 6) is 0. The summed E-state index contributed by atoms with van der Waals surface area (Å²) in [6.07, 6.45) is 1.05. The normalized spacial score (nSPS) is 13.2. The summed E-state index contributed by atoms with van der Waals surface area (Å²) in [6, 6.07) is 17.4. The van der Waals surface area contributed by atoms with Crippen LogP contribution in [0.2, 0.25) is 0 Å². The minimum absolute atomic E-state index is 0.0797. The van der Waals surface area contributed by atoms with E-state index in [1.54, 1.807) is 0 Å². The maximum absolute atomic E-state index is 3.79. The molecule has 0 spiro atoms. The van der Waals surface area contributed by atoms with Crippen LogP contribution >= 0.6 is 31.9 Å². The molecule has 0 bridgehead atoms. The molecule has 0 radical (unpaired) electrons. The molecule has 0 aliphatic heterocycles. The Kier molecular flexibility index (Phi) is 5.64. The van der Waals surface area contributed by atoms with Gasteiger partial charge in [-0.2, -0.15) is 0 Å². The average molecular weight is 411 g/mol. The molecule has 0 aliphatic carbocycles. The van der Waals surface area contributed by atoms with Crippen molar-refractivity contribution in [3.63, 3.8) is 0 Å². The largest absolute Gasteiger partial charge is 0.301 e. The van der Waals surface area contributed by atoms with Crippen LogP contribution < -0.4 is 5.32 Å². The topological polar surface area (TPSA) is 12.0 Å². The molecule has 0 fully saturated rings. The van der Waals surface area contributed by atoms with Gasteiger partial charge < -0.3 is 5.32 Å². The molecule has 0 amide bonds. The molecule has 0 aliphatic rings. The number of halogens is 2. The number of hydrogen-bond acceptors (Lipinski definition) is 1. The zero-order valence-corrected chi connectivity index (χ0v) is 15.8. The Bertz CT molecular complexity index is 590. The Labute approximate surface area is 144 Å². The SMILES string of the molecule is CCC(NC(C)(C)c1ccc(Br)cc1)c1cccc(Br)c1. The van der Waals surface area contributed by atoms with Gasteiger partial charge in [-0.1, -0.05) is 63.0 Å². The zero-order chi connectivity index (χ0) is 15.5. The van der Waals surface area contributed by atoms with E-state index in [2.05, 4.69) is 106 Å². The summed E-state index contributed by atoms with van der Waals surface area (Å²) in [7, 11) is 0. The molecule has 3 heteroatoms. The number of benzene rings is 2. The van der Waals surface area contributed by atoms with E-state index in [0.717, 1.165) is 15.4 Å². The Morgan fingerprint density at radius 1 is 1.00 bits per heavy atom. The van der Waals surface area contributed by atoms with Crippen molar-refractivity contribution in [3.05, 3.63) is 68.6 Å². The van der Waals surface area contributed by atoms with Gasteiger partial charge in [-0.15, -0.1) is 0 Å². The second kappa shape index (κ2) is 7.08. The highest BCUT2D eigenvalue weighted by atomic mass is 79.9. The molecular weight excluding hydrogens is 390 g/mol. The van der Waals surface area contributed by atoms with Gasteiger partial charge in [0.25, 0.3) is 0 Å². The number of hydrogen-bond donors (Lipinski definition) is 1. The quantitative estimate of drug-likeness (QED) is 0.619. The van der Waals surface area contributed by atoms with E-state index >= 15 is 0 Å². The van der Waals surface area contributed by atoms with Crippen LogP contribution in [0, 0.1) is 0 Å². The molecule has 0 saturated carbocycles. The van der Waals surface area contributed by atoms with Crippen LogP contribution in [-0.2, 0) is 5.54 Å². The molecule has 0 heterocycles. The zero-order valence-electron chi connectivity index (χ0n) is 12.7. The number of nitrogens with one attached hydrogen (secondary N) is 1. The van der Waals surface area contributed by atoms with E-state index in [0.29, 0.717) is 6.04 Å². The lowest BCUT2D eigenvalue weighted by atomic mass is 9.91. The highest BCUT2D eigenvalue weighted by Crippen LogP contribution is 2.28. The third-order valence-corrected chi connectivity index (χ3v) is 4.78. The average Bonchev–Trinajstić information content (AvgIpc) is 2.45. The van der Waals surface area contributed by atoms with E-state index < -0.39 is 0 Å². The van der Waals surface area contributed by atoms with E-state index in [1.807, 2.05) is 0 Å². The highest BCUT2D eigenvalue weighted by Gasteiger charge is 2.24. The summed E-state index contributed by atoms with van der Waals surface area (Å²) >= 11 is 7.05. The minimum Gasteiger partial charge on any atom is -0.301 e. The van der Waals surface area contributed by atoms with E-state index in [4.69, 9.17) is 0 Å². The summed E-state index contributed by atoms with van der Waals surface area (Å²) in [6.45, 7) is 6.68. The molecule has 1 nitrogen and oxygen atoms in total. The van der Waals surface area contributed by atoms with Crippen molar-refractivity contribution in [2.45, 2.75) is 38.8 Å². The molecule has 1 N–H and O–H groups in total. The smallest absolute Gasteiger partial charge is 0.0382 e. The standard InChI is InChI=1S/C18H21Br2N/c1-4-17(13-6-5-7-16(20)12-13)21-18(2,3)14-8-10-15(19)11-9-14/h5-12,17,21H,4H2,1-3H3. The fourth-order valence-corrected chi connectivity index (χ4v) is 3.21. The Morgan fingerprint density at radius 2 is 1.67 bits per heavy atom. The van der Waals surface area contributed by atoms with Crippen molar-refractivity contribution in [2.24, 2.45) is 0 Å². The van der Waals surface area contributed by atoms with Crippen molar-refractivity contribution >= 4 is 31.9 Å². The van der Waals surface area contributed by atoms with Crippen molar-refractivity contribution in [2.75, 3.05) is 0 Å². The highest BCUT2D eigenvalue weighted by molar-refractivity contribution is 9.10. The maximum atomic E-state index is 3.79. The second-order valence-corrected chi connectivity index (χ2v) is 7.62. The molecule has 0 saturated heterocycles.